The van der Waals surface area contributed by atoms with E-state index in [0.29, 0.717) is 30.6 Å². The van der Waals surface area contributed by atoms with Crippen molar-refractivity contribution in [3.8, 4) is 0 Å². The number of amides is 1. The van der Waals surface area contributed by atoms with Crippen molar-refractivity contribution >= 4 is 22.8 Å². The van der Waals surface area contributed by atoms with E-state index < -0.39 is 11.8 Å². The molecule has 0 spiro atoms. The lowest BCUT2D eigenvalue weighted by Crippen LogP contribution is -2.36. The van der Waals surface area contributed by atoms with E-state index in [1.165, 1.54) is 12.1 Å². The zero-order valence-electron chi connectivity index (χ0n) is 14.0. The molecule has 26 heavy (non-hydrogen) atoms. The highest BCUT2D eigenvalue weighted by molar-refractivity contribution is 5.95. The van der Waals surface area contributed by atoms with Crippen LogP contribution in [0.5, 0.6) is 0 Å². The van der Waals surface area contributed by atoms with Crippen molar-refractivity contribution in [2.24, 2.45) is 0 Å². The summed E-state index contributed by atoms with van der Waals surface area (Å²) in [5, 5.41) is 10.0. The molecule has 132 valence electrons. The molecular weight excluding hydrogens is 335 g/mol. The van der Waals surface area contributed by atoms with Crippen molar-refractivity contribution in [2.45, 2.75) is 19.5 Å². The Morgan fingerprint density at radius 3 is 2.62 bits per heavy atom. The first kappa shape index (κ1) is 16.3. The highest BCUT2D eigenvalue weighted by Crippen LogP contribution is 2.32. The van der Waals surface area contributed by atoms with Gasteiger partial charge in [-0.2, -0.15) is 0 Å². The molecule has 2 heterocycles. The first-order valence-corrected chi connectivity index (χ1v) is 8.40. The molecule has 1 amide bonds. The second-order valence-electron chi connectivity index (χ2n) is 6.41. The molecule has 0 fully saturated rings. The third kappa shape index (κ3) is 2.73. The lowest BCUT2D eigenvalue weighted by atomic mass is 10.0. The summed E-state index contributed by atoms with van der Waals surface area (Å²) in [4.78, 5) is 25.8. The van der Waals surface area contributed by atoms with Gasteiger partial charge in [0, 0.05) is 41.7 Å². The molecule has 0 saturated heterocycles. The fourth-order valence-electron chi connectivity index (χ4n) is 3.67. The van der Waals surface area contributed by atoms with Crippen LogP contribution in [-0.2, 0) is 24.3 Å². The lowest BCUT2D eigenvalue weighted by molar-refractivity contribution is -0.137. The molecule has 5 nitrogen and oxygen atoms in total. The Balaban J connectivity index is 1.76. The van der Waals surface area contributed by atoms with Crippen molar-refractivity contribution in [2.75, 3.05) is 6.54 Å². The van der Waals surface area contributed by atoms with Crippen molar-refractivity contribution in [1.29, 1.82) is 0 Å². The van der Waals surface area contributed by atoms with Gasteiger partial charge in [-0.3, -0.25) is 9.59 Å². The fourth-order valence-corrected chi connectivity index (χ4v) is 3.67. The number of rotatable bonds is 3. The number of benzene rings is 2. The Labute approximate surface area is 149 Å². The third-order valence-electron chi connectivity index (χ3n) is 4.82. The molecular formula is C20H17FN2O3. The van der Waals surface area contributed by atoms with Crippen LogP contribution in [-0.4, -0.2) is 33.0 Å². The number of carboxylic acids is 1. The minimum Gasteiger partial charge on any atom is -0.480 e. The number of aliphatic carboxylic acids is 1. The molecule has 0 bridgehead atoms. The second-order valence-corrected chi connectivity index (χ2v) is 6.41. The van der Waals surface area contributed by atoms with Crippen LogP contribution in [0.1, 0.15) is 21.6 Å². The average Bonchev–Trinajstić information content (AvgIpc) is 2.94. The fraction of sp³-hybridized carbons (Fsp3) is 0.200. The van der Waals surface area contributed by atoms with Crippen LogP contribution in [0.15, 0.2) is 48.5 Å². The molecule has 1 aromatic heterocycles. The Morgan fingerprint density at radius 1 is 1.12 bits per heavy atom. The zero-order chi connectivity index (χ0) is 18.3. The molecule has 1 aliphatic heterocycles. The van der Waals surface area contributed by atoms with Gasteiger partial charge in [0.1, 0.15) is 12.4 Å². The summed E-state index contributed by atoms with van der Waals surface area (Å²) in [6, 6.07) is 13.5. The van der Waals surface area contributed by atoms with Crippen LogP contribution >= 0.6 is 0 Å². The molecule has 0 unspecified atom stereocenters. The minimum absolute atomic E-state index is 0.0579. The van der Waals surface area contributed by atoms with Gasteiger partial charge in [-0.25, -0.2) is 4.39 Å². The monoisotopic (exact) mass is 352 g/mol. The number of carboxylic acid groups (broad SMARTS) is 1. The first-order valence-electron chi connectivity index (χ1n) is 8.40. The quantitative estimate of drug-likeness (QED) is 0.788. The van der Waals surface area contributed by atoms with Gasteiger partial charge >= 0.3 is 5.97 Å². The van der Waals surface area contributed by atoms with E-state index in [9.17, 15) is 19.1 Å². The zero-order valence-corrected chi connectivity index (χ0v) is 14.0. The van der Waals surface area contributed by atoms with Crippen LogP contribution in [0.25, 0.3) is 10.9 Å². The smallest absolute Gasteiger partial charge is 0.323 e. The van der Waals surface area contributed by atoms with Crippen LogP contribution in [0, 0.1) is 5.82 Å². The molecule has 0 radical (unpaired) electrons. The highest BCUT2D eigenvalue weighted by atomic mass is 19.1. The predicted molar refractivity (Wildman–Crippen MR) is 94.4 cm³/mol. The summed E-state index contributed by atoms with van der Waals surface area (Å²) in [5.74, 6) is -1.44. The molecule has 0 atom stereocenters. The number of halogens is 1. The van der Waals surface area contributed by atoms with Crippen molar-refractivity contribution in [1.82, 2.24) is 9.47 Å². The molecule has 2 aromatic carbocycles. The number of aromatic nitrogens is 1. The van der Waals surface area contributed by atoms with E-state index in [-0.39, 0.29) is 12.5 Å². The minimum atomic E-state index is -0.975. The van der Waals surface area contributed by atoms with Crippen molar-refractivity contribution in [3.63, 3.8) is 0 Å². The molecule has 4 rings (SSSR count). The molecule has 0 aliphatic carbocycles. The van der Waals surface area contributed by atoms with Gasteiger partial charge in [0.05, 0.1) is 5.52 Å². The maximum absolute atomic E-state index is 13.7. The van der Waals surface area contributed by atoms with Gasteiger partial charge in [0.2, 0.25) is 0 Å². The topological polar surface area (TPSA) is 62.5 Å². The number of hydrogen-bond acceptors (Lipinski definition) is 2. The van der Waals surface area contributed by atoms with E-state index in [1.807, 2.05) is 18.2 Å². The summed E-state index contributed by atoms with van der Waals surface area (Å²) in [6.45, 7) is 0.666. The van der Waals surface area contributed by atoms with E-state index in [4.69, 9.17) is 0 Å². The second kappa shape index (κ2) is 6.29. The predicted octanol–water partition coefficient (Wildman–Crippen LogP) is 3.06. The summed E-state index contributed by atoms with van der Waals surface area (Å²) in [6.07, 6.45) is 0.539. The molecule has 1 aliphatic rings. The van der Waals surface area contributed by atoms with Gasteiger partial charge in [-0.15, -0.1) is 0 Å². The van der Waals surface area contributed by atoms with Crippen LogP contribution in [0.2, 0.25) is 0 Å². The van der Waals surface area contributed by atoms with Gasteiger partial charge in [0.25, 0.3) is 5.91 Å². The maximum Gasteiger partial charge on any atom is 0.323 e. The van der Waals surface area contributed by atoms with E-state index in [0.717, 1.165) is 16.6 Å². The summed E-state index contributed by atoms with van der Waals surface area (Å²) >= 11 is 0. The van der Waals surface area contributed by atoms with Gasteiger partial charge in [0.15, 0.2) is 0 Å². The summed E-state index contributed by atoms with van der Waals surface area (Å²) in [7, 11) is 0. The van der Waals surface area contributed by atoms with Crippen molar-refractivity contribution in [3.05, 3.63) is 71.2 Å². The van der Waals surface area contributed by atoms with E-state index in [2.05, 4.69) is 0 Å². The van der Waals surface area contributed by atoms with Gasteiger partial charge in [-0.1, -0.05) is 18.2 Å². The molecule has 1 N–H and O–H groups in total. The number of fused-ring (bicyclic) bond motifs is 3. The Hall–Kier alpha value is -3.15. The normalized spacial score (nSPS) is 13.7. The standard InChI is InChI=1S/C20H17FN2O3/c21-14-6-7-15-16-11-22(20(26)13-4-2-1-3-5-13)9-8-17(16)23(12-19(24)25)18(15)10-14/h1-7,10H,8-9,11-12H2,(H,24,25). The molecule has 3 aromatic rings. The van der Waals surface area contributed by atoms with Crippen molar-refractivity contribution < 1.29 is 19.1 Å². The largest absolute Gasteiger partial charge is 0.480 e. The van der Waals surface area contributed by atoms with E-state index in [1.54, 1.807) is 27.7 Å². The number of carbonyl (C=O) groups excluding carboxylic acids is 1. The lowest BCUT2D eigenvalue weighted by Gasteiger charge is -2.28. The number of nitrogens with zero attached hydrogens (tertiary/aromatic N) is 2. The SMILES string of the molecule is O=C(O)Cn1c2c(c3ccc(F)cc31)CN(C(=O)c1ccccc1)CC2. The summed E-state index contributed by atoms with van der Waals surface area (Å²) in [5.41, 5.74) is 2.95. The maximum atomic E-state index is 13.7. The Morgan fingerprint density at radius 2 is 1.88 bits per heavy atom. The molecule has 6 heteroatoms. The number of hydrogen-bond donors (Lipinski definition) is 1. The first-order chi connectivity index (χ1) is 12.5. The van der Waals surface area contributed by atoms with Gasteiger partial charge < -0.3 is 14.6 Å². The average molecular weight is 352 g/mol. The molecule has 0 saturated carbocycles. The van der Waals surface area contributed by atoms with Crippen LogP contribution in [0.4, 0.5) is 4.39 Å². The Kier molecular flexibility index (Phi) is 3.95. The number of carbonyl (C=O) groups is 2. The van der Waals surface area contributed by atoms with E-state index >= 15 is 0 Å². The van der Waals surface area contributed by atoms with Gasteiger partial charge in [-0.05, 0) is 30.3 Å². The third-order valence-corrected chi connectivity index (χ3v) is 4.82. The van der Waals surface area contributed by atoms with Crippen LogP contribution < -0.4 is 0 Å². The highest BCUT2D eigenvalue weighted by Gasteiger charge is 2.27. The Bertz CT molecular complexity index is 1010. The van der Waals surface area contributed by atoms with Crippen LogP contribution in [0.3, 0.4) is 0 Å². The summed E-state index contributed by atoms with van der Waals surface area (Å²) < 4.78 is 15.4.